The Kier molecular flexibility index (Phi) is 6.21. The van der Waals surface area contributed by atoms with Crippen LogP contribution in [-0.4, -0.2) is 31.9 Å². The van der Waals surface area contributed by atoms with Crippen LogP contribution < -0.4 is 4.18 Å². The molecule has 200 valence electrons. The summed E-state index contributed by atoms with van der Waals surface area (Å²) in [5.41, 5.74) is 4.03. The number of carbonyl (C=O) groups is 2. The highest BCUT2D eigenvalue weighted by Crippen LogP contribution is 2.55. The average molecular weight is 534 g/mol. The maximum absolute atomic E-state index is 13.8. The van der Waals surface area contributed by atoms with E-state index in [0.29, 0.717) is 42.4 Å². The summed E-state index contributed by atoms with van der Waals surface area (Å²) in [7, 11) is -2.18. The van der Waals surface area contributed by atoms with Gasteiger partial charge in [0.05, 0.1) is 0 Å². The zero-order valence-electron chi connectivity index (χ0n) is 22.9. The number of nitrogens with zero attached hydrogens (tertiary/aromatic N) is 1. The van der Waals surface area contributed by atoms with Crippen molar-refractivity contribution in [2.45, 2.75) is 71.1 Å². The standard InChI is InChI=1S/C31H35NO5S/c1-19-11-13-20(14-12-19)38(35,36)37-26-10-8-7-9-21(26)27-28-22(15-30(2,3)17-24(28)33)32(6)23-16-31(4,5)18-25(34)29(23)27/h7-14,27H,15-18H2,1-6H3. The van der Waals surface area contributed by atoms with E-state index in [1.165, 1.54) is 12.1 Å². The van der Waals surface area contributed by atoms with Crippen molar-refractivity contribution in [1.82, 2.24) is 4.90 Å². The van der Waals surface area contributed by atoms with E-state index in [-0.39, 0.29) is 33.0 Å². The van der Waals surface area contributed by atoms with Gasteiger partial charge in [-0.3, -0.25) is 9.59 Å². The van der Waals surface area contributed by atoms with Gasteiger partial charge in [-0.25, -0.2) is 0 Å². The molecule has 6 nitrogen and oxygen atoms in total. The van der Waals surface area contributed by atoms with Crippen LogP contribution in [0.1, 0.15) is 70.4 Å². The highest BCUT2D eigenvalue weighted by atomic mass is 32.2. The lowest BCUT2D eigenvalue weighted by Gasteiger charge is -2.48. The van der Waals surface area contributed by atoms with Gasteiger partial charge in [-0.1, -0.05) is 63.6 Å². The van der Waals surface area contributed by atoms with Crippen molar-refractivity contribution in [2.75, 3.05) is 7.05 Å². The lowest BCUT2D eigenvalue weighted by molar-refractivity contribution is -0.119. The Morgan fingerprint density at radius 3 is 1.82 bits per heavy atom. The first-order valence-electron chi connectivity index (χ1n) is 13.1. The number of allylic oxidation sites excluding steroid dienone is 4. The molecule has 7 heteroatoms. The van der Waals surface area contributed by atoms with Crippen LogP contribution in [-0.2, 0) is 19.7 Å². The van der Waals surface area contributed by atoms with E-state index in [2.05, 4.69) is 32.6 Å². The summed E-state index contributed by atoms with van der Waals surface area (Å²) in [6, 6.07) is 13.4. The van der Waals surface area contributed by atoms with Gasteiger partial charge in [-0.05, 0) is 48.8 Å². The first-order chi connectivity index (χ1) is 17.7. The topological polar surface area (TPSA) is 80.8 Å². The zero-order chi connectivity index (χ0) is 27.6. The van der Waals surface area contributed by atoms with E-state index >= 15 is 0 Å². The molecule has 2 aromatic carbocycles. The van der Waals surface area contributed by atoms with E-state index in [4.69, 9.17) is 4.18 Å². The number of hydrogen-bond acceptors (Lipinski definition) is 6. The summed E-state index contributed by atoms with van der Waals surface area (Å²) in [5.74, 6) is -0.550. The Hall–Kier alpha value is -3.19. The van der Waals surface area contributed by atoms with Crippen LogP contribution in [0.2, 0.25) is 0 Å². The van der Waals surface area contributed by atoms with Crippen molar-refractivity contribution >= 4 is 21.7 Å². The molecule has 38 heavy (non-hydrogen) atoms. The molecule has 3 aliphatic rings. The van der Waals surface area contributed by atoms with Crippen LogP contribution in [0.25, 0.3) is 0 Å². The number of ketones is 2. The van der Waals surface area contributed by atoms with Crippen molar-refractivity contribution in [2.24, 2.45) is 10.8 Å². The maximum atomic E-state index is 13.8. The third-order valence-electron chi connectivity index (χ3n) is 7.92. The summed E-state index contributed by atoms with van der Waals surface area (Å²) < 4.78 is 32.3. The lowest BCUT2D eigenvalue weighted by atomic mass is 9.63. The molecule has 5 rings (SSSR count). The molecule has 0 fully saturated rings. The molecule has 2 aliphatic carbocycles. The molecule has 0 saturated heterocycles. The number of carbonyl (C=O) groups excluding carboxylic acids is 2. The molecule has 1 aliphatic heterocycles. The molecular weight excluding hydrogens is 498 g/mol. The molecule has 0 aromatic heterocycles. The Morgan fingerprint density at radius 1 is 0.789 bits per heavy atom. The average Bonchev–Trinajstić information content (AvgIpc) is 2.80. The molecule has 0 atom stereocenters. The number of aryl methyl sites for hydroxylation is 1. The van der Waals surface area contributed by atoms with E-state index < -0.39 is 16.0 Å². The van der Waals surface area contributed by atoms with Gasteiger partial charge >= 0.3 is 10.1 Å². The maximum Gasteiger partial charge on any atom is 0.339 e. The van der Waals surface area contributed by atoms with Crippen LogP contribution in [0.15, 0.2) is 76.0 Å². The smallest absolute Gasteiger partial charge is 0.339 e. The second-order valence-corrected chi connectivity index (χ2v) is 14.0. The Labute approximate surface area is 225 Å². The quantitative estimate of drug-likeness (QED) is 0.443. The second-order valence-electron chi connectivity index (χ2n) is 12.5. The molecule has 0 radical (unpaired) electrons. The van der Waals surface area contributed by atoms with Gasteiger partial charge in [0.15, 0.2) is 11.6 Å². The minimum absolute atomic E-state index is 0.00604. The van der Waals surface area contributed by atoms with Gasteiger partial charge in [0, 0.05) is 53.9 Å². The molecule has 0 amide bonds. The molecule has 0 bridgehead atoms. The van der Waals surface area contributed by atoms with E-state index in [1.807, 2.05) is 14.0 Å². The summed E-state index contributed by atoms with van der Waals surface area (Å²) >= 11 is 0. The Bertz CT molecular complexity index is 1460. The summed E-state index contributed by atoms with van der Waals surface area (Å²) in [4.78, 5) is 29.6. The van der Waals surface area contributed by atoms with E-state index in [0.717, 1.165) is 17.0 Å². The normalized spacial score (nSPS) is 21.4. The number of Topliss-reactive ketones (excluding diaryl/α,β-unsaturated/α-hetero) is 2. The first kappa shape index (κ1) is 26.4. The third-order valence-corrected chi connectivity index (χ3v) is 9.17. The third kappa shape index (κ3) is 4.62. The zero-order valence-corrected chi connectivity index (χ0v) is 23.7. The van der Waals surface area contributed by atoms with Crippen LogP contribution in [0.3, 0.4) is 0 Å². The highest BCUT2D eigenvalue weighted by molar-refractivity contribution is 7.87. The number of para-hydroxylation sites is 1. The van der Waals surface area contributed by atoms with Crippen LogP contribution in [0.4, 0.5) is 0 Å². The molecule has 1 heterocycles. The van der Waals surface area contributed by atoms with Gasteiger partial charge in [-0.15, -0.1) is 0 Å². The molecule has 0 unspecified atom stereocenters. The number of benzene rings is 2. The van der Waals surface area contributed by atoms with Crippen molar-refractivity contribution in [3.05, 3.63) is 82.2 Å². The van der Waals surface area contributed by atoms with E-state index in [9.17, 15) is 18.0 Å². The fourth-order valence-electron chi connectivity index (χ4n) is 6.14. The van der Waals surface area contributed by atoms with Gasteiger partial charge in [0.1, 0.15) is 10.6 Å². The van der Waals surface area contributed by atoms with Crippen molar-refractivity contribution in [1.29, 1.82) is 0 Å². The molecular formula is C31H35NO5S. The van der Waals surface area contributed by atoms with Crippen molar-refractivity contribution in [3.8, 4) is 5.75 Å². The SMILES string of the molecule is Cc1ccc(S(=O)(=O)Oc2ccccc2C2C3=C(CC(C)(C)CC3=O)N(C)C3=C2C(=O)CC(C)(C)C3)cc1. The van der Waals surface area contributed by atoms with Crippen molar-refractivity contribution in [3.63, 3.8) is 0 Å². The van der Waals surface area contributed by atoms with Crippen LogP contribution in [0, 0.1) is 17.8 Å². The Morgan fingerprint density at radius 2 is 1.29 bits per heavy atom. The monoisotopic (exact) mass is 533 g/mol. The Balaban J connectivity index is 1.70. The summed E-state index contributed by atoms with van der Waals surface area (Å²) in [6.45, 7) is 10.2. The van der Waals surface area contributed by atoms with Gasteiger partial charge in [-0.2, -0.15) is 8.42 Å². The molecule has 2 aromatic rings. The number of hydrogen-bond donors (Lipinski definition) is 0. The lowest BCUT2D eigenvalue weighted by Crippen LogP contribution is -2.43. The molecule has 0 spiro atoms. The molecule has 0 N–H and O–H groups in total. The summed E-state index contributed by atoms with van der Waals surface area (Å²) in [5, 5.41) is 0. The minimum Gasteiger partial charge on any atom is -0.379 e. The highest BCUT2D eigenvalue weighted by Gasteiger charge is 2.48. The first-order valence-corrected chi connectivity index (χ1v) is 14.5. The number of rotatable bonds is 4. The fourth-order valence-corrected chi connectivity index (χ4v) is 7.10. The van der Waals surface area contributed by atoms with E-state index in [1.54, 1.807) is 36.4 Å². The minimum atomic E-state index is -4.14. The predicted octanol–water partition coefficient (Wildman–Crippen LogP) is 6.08. The summed E-state index contributed by atoms with van der Waals surface area (Å²) in [6.07, 6.45) is 2.11. The van der Waals surface area contributed by atoms with Crippen LogP contribution >= 0.6 is 0 Å². The van der Waals surface area contributed by atoms with Gasteiger partial charge < -0.3 is 9.08 Å². The fraction of sp³-hybridized carbons (Fsp3) is 0.419. The predicted molar refractivity (Wildman–Crippen MR) is 146 cm³/mol. The largest absolute Gasteiger partial charge is 0.379 e. The van der Waals surface area contributed by atoms with Crippen LogP contribution in [0.5, 0.6) is 5.75 Å². The van der Waals surface area contributed by atoms with Gasteiger partial charge in [0.2, 0.25) is 0 Å². The second kappa shape index (κ2) is 8.94. The van der Waals surface area contributed by atoms with Gasteiger partial charge in [0.25, 0.3) is 0 Å². The van der Waals surface area contributed by atoms with Crippen molar-refractivity contribution < 1.29 is 22.2 Å². The molecule has 0 saturated carbocycles.